The van der Waals surface area contributed by atoms with Crippen LogP contribution in [0, 0.1) is 6.92 Å². The maximum Gasteiger partial charge on any atom is 0.338 e. The van der Waals surface area contributed by atoms with Crippen molar-refractivity contribution in [1.82, 2.24) is 10.2 Å². The molecule has 1 aromatic heterocycles. The van der Waals surface area contributed by atoms with E-state index in [0.717, 1.165) is 11.1 Å². The van der Waals surface area contributed by atoms with Crippen molar-refractivity contribution in [3.8, 4) is 11.5 Å². The number of esters is 1. The third kappa shape index (κ3) is 4.59. The second-order valence-electron chi connectivity index (χ2n) is 7.13. The Morgan fingerprint density at radius 3 is 2.10 bits per heavy atom. The highest BCUT2D eigenvalue weighted by Crippen LogP contribution is 2.23. The molecule has 6 heteroatoms. The van der Waals surface area contributed by atoms with Gasteiger partial charge in [0, 0.05) is 16.7 Å². The first kappa shape index (κ1) is 20.2. The molecule has 0 amide bonds. The third-order valence-electron chi connectivity index (χ3n) is 4.79. The second kappa shape index (κ2) is 8.75. The molecule has 0 saturated carbocycles. The predicted molar refractivity (Wildman–Crippen MR) is 115 cm³/mol. The number of rotatable bonds is 6. The van der Waals surface area contributed by atoms with Crippen LogP contribution in [-0.2, 0) is 4.74 Å². The Morgan fingerprint density at radius 2 is 1.42 bits per heavy atom. The molecule has 1 atom stereocenters. The van der Waals surface area contributed by atoms with Gasteiger partial charge in [-0.05, 0) is 38.1 Å². The first-order valence-corrected chi connectivity index (χ1v) is 9.82. The molecule has 31 heavy (non-hydrogen) atoms. The molecule has 6 nitrogen and oxygen atoms in total. The van der Waals surface area contributed by atoms with Crippen molar-refractivity contribution in [2.45, 2.75) is 20.0 Å². The van der Waals surface area contributed by atoms with E-state index in [4.69, 9.17) is 9.15 Å². The van der Waals surface area contributed by atoms with E-state index < -0.39 is 12.1 Å². The van der Waals surface area contributed by atoms with Gasteiger partial charge in [-0.3, -0.25) is 4.79 Å². The number of aromatic nitrogens is 2. The van der Waals surface area contributed by atoms with Gasteiger partial charge in [-0.25, -0.2) is 4.79 Å². The fourth-order valence-corrected chi connectivity index (χ4v) is 3.00. The number of benzene rings is 3. The van der Waals surface area contributed by atoms with E-state index in [1.165, 1.54) is 0 Å². The van der Waals surface area contributed by atoms with Crippen LogP contribution in [-0.4, -0.2) is 21.9 Å². The molecule has 0 spiro atoms. The summed E-state index contributed by atoms with van der Waals surface area (Å²) in [5.41, 5.74) is 3.33. The van der Waals surface area contributed by atoms with Crippen molar-refractivity contribution < 1.29 is 18.7 Å². The van der Waals surface area contributed by atoms with E-state index in [2.05, 4.69) is 10.2 Å². The van der Waals surface area contributed by atoms with Crippen molar-refractivity contribution in [3.05, 3.63) is 107 Å². The molecular formula is C25H20N2O4. The van der Waals surface area contributed by atoms with Gasteiger partial charge in [-0.1, -0.05) is 60.2 Å². The Balaban J connectivity index is 1.42. The smallest absolute Gasteiger partial charge is 0.338 e. The van der Waals surface area contributed by atoms with Crippen LogP contribution in [0.2, 0.25) is 0 Å². The Bertz CT molecular complexity index is 1200. The van der Waals surface area contributed by atoms with Crippen LogP contribution in [0.5, 0.6) is 0 Å². The van der Waals surface area contributed by atoms with Gasteiger partial charge >= 0.3 is 5.97 Å². The summed E-state index contributed by atoms with van der Waals surface area (Å²) in [4.78, 5) is 25.0. The van der Waals surface area contributed by atoms with E-state index >= 15 is 0 Å². The summed E-state index contributed by atoms with van der Waals surface area (Å²) in [5, 5.41) is 8.03. The van der Waals surface area contributed by atoms with Crippen LogP contribution in [0.1, 0.15) is 50.8 Å². The number of nitrogens with zero attached hydrogens (tertiary/aromatic N) is 2. The van der Waals surface area contributed by atoms with Gasteiger partial charge in [0.2, 0.25) is 5.89 Å². The highest BCUT2D eigenvalue weighted by molar-refractivity contribution is 6.09. The fourth-order valence-electron chi connectivity index (χ4n) is 3.00. The highest BCUT2D eigenvalue weighted by Gasteiger charge is 2.20. The molecule has 1 heterocycles. The summed E-state index contributed by atoms with van der Waals surface area (Å²) in [6.45, 7) is 3.66. The van der Waals surface area contributed by atoms with E-state index in [9.17, 15) is 9.59 Å². The van der Waals surface area contributed by atoms with Crippen LogP contribution in [0.25, 0.3) is 11.5 Å². The number of aryl methyl sites for hydroxylation is 1. The molecule has 0 bridgehead atoms. The molecule has 0 N–H and O–H groups in total. The molecule has 4 aromatic rings. The molecule has 3 aromatic carbocycles. The lowest BCUT2D eigenvalue weighted by molar-refractivity contribution is 0.0279. The molecule has 0 aliphatic rings. The Hall–Kier alpha value is -4.06. The zero-order chi connectivity index (χ0) is 21.8. The molecule has 0 saturated heterocycles. The Morgan fingerprint density at radius 1 is 0.806 bits per heavy atom. The van der Waals surface area contributed by atoms with Crippen LogP contribution >= 0.6 is 0 Å². The zero-order valence-corrected chi connectivity index (χ0v) is 17.1. The minimum absolute atomic E-state index is 0.108. The molecule has 0 aliphatic carbocycles. The SMILES string of the molecule is Cc1ccc(-c2nnc([C@H](C)OC(=O)c3ccc(C(=O)c4ccccc4)cc3)o2)cc1. The van der Waals surface area contributed by atoms with Gasteiger partial charge in [0.15, 0.2) is 11.9 Å². The molecular weight excluding hydrogens is 392 g/mol. The Kier molecular flexibility index (Phi) is 5.71. The number of hydrogen-bond acceptors (Lipinski definition) is 6. The van der Waals surface area contributed by atoms with Gasteiger partial charge in [0.1, 0.15) is 0 Å². The van der Waals surface area contributed by atoms with Gasteiger partial charge in [-0.15, -0.1) is 10.2 Å². The fraction of sp³-hybridized carbons (Fsp3) is 0.120. The maximum atomic E-state index is 12.5. The van der Waals surface area contributed by atoms with Crippen molar-refractivity contribution >= 4 is 11.8 Å². The van der Waals surface area contributed by atoms with Crippen molar-refractivity contribution in [1.29, 1.82) is 0 Å². The van der Waals surface area contributed by atoms with Gasteiger partial charge in [0.25, 0.3) is 5.89 Å². The standard InChI is InChI=1S/C25H20N2O4/c1-16-8-10-20(11-9-16)24-27-26-23(31-24)17(2)30-25(29)21-14-12-19(13-15-21)22(28)18-6-4-3-5-7-18/h3-15,17H,1-2H3/t17-/m0/s1. The lowest BCUT2D eigenvalue weighted by Gasteiger charge is -2.09. The molecule has 0 radical (unpaired) electrons. The number of ketones is 1. The minimum Gasteiger partial charge on any atom is -0.449 e. The topological polar surface area (TPSA) is 82.3 Å². The average molecular weight is 412 g/mol. The predicted octanol–water partition coefficient (Wildman–Crippen LogP) is 5.19. The van der Waals surface area contributed by atoms with Gasteiger partial charge < -0.3 is 9.15 Å². The summed E-state index contributed by atoms with van der Waals surface area (Å²) in [7, 11) is 0. The van der Waals surface area contributed by atoms with E-state index in [0.29, 0.717) is 22.6 Å². The first-order chi connectivity index (χ1) is 15.0. The van der Waals surface area contributed by atoms with Crippen molar-refractivity contribution in [2.75, 3.05) is 0 Å². The third-order valence-corrected chi connectivity index (χ3v) is 4.79. The monoisotopic (exact) mass is 412 g/mol. The van der Waals surface area contributed by atoms with Crippen LogP contribution < -0.4 is 0 Å². The molecule has 0 unspecified atom stereocenters. The van der Waals surface area contributed by atoms with Crippen LogP contribution in [0.15, 0.2) is 83.3 Å². The van der Waals surface area contributed by atoms with Crippen molar-refractivity contribution in [2.24, 2.45) is 0 Å². The first-order valence-electron chi connectivity index (χ1n) is 9.82. The number of hydrogen-bond donors (Lipinski definition) is 0. The van der Waals surface area contributed by atoms with Gasteiger partial charge in [0.05, 0.1) is 5.56 Å². The number of ether oxygens (including phenoxy) is 1. The lowest BCUT2D eigenvalue weighted by Crippen LogP contribution is -2.10. The minimum atomic E-state index is -0.718. The summed E-state index contributed by atoms with van der Waals surface area (Å²) in [6, 6.07) is 23.0. The van der Waals surface area contributed by atoms with Crippen LogP contribution in [0.4, 0.5) is 0 Å². The number of carbonyl (C=O) groups excluding carboxylic acids is 2. The quantitative estimate of drug-likeness (QED) is 0.320. The van der Waals surface area contributed by atoms with Gasteiger partial charge in [-0.2, -0.15) is 0 Å². The van der Waals surface area contributed by atoms with E-state index in [-0.39, 0.29) is 11.7 Å². The van der Waals surface area contributed by atoms with E-state index in [1.807, 2.05) is 49.4 Å². The summed E-state index contributed by atoms with van der Waals surface area (Å²) in [6.07, 6.45) is -0.718. The summed E-state index contributed by atoms with van der Waals surface area (Å²) >= 11 is 0. The van der Waals surface area contributed by atoms with Crippen LogP contribution in [0.3, 0.4) is 0 Å². The maximum absolute atomic E-state index is 12.5. The summed E-state index contributed by atoms with van der Waals surface area (Å²) in [5.74, 6) is -0.0776. The molecule has 4 rings (SSSR count). The Labute approximate surface area is 179 Å². The highest BCUT2D eigenvalue weighted by atomic mass is 16.6. The van der Waals surface area contributed by atoms with E-state index in [1.54, 1.807) is 43.3 Å². The normalized spacial score (nSPS) is 11.7. The zero-order valence-electron chi connectivity index (χ0n) is 17.1. The largest absolute Gasteiger partial charge is 0.449 e. The summed E-state index contributed by atoms with van der Waals surface area (Å²) < 4.78 is 11.1. The second-order valence-corrected chi connectivity index (χ2v) is 7.13. The lowest BCUT2D eigenvalue weighted by atomic mass is 10.0. The molecule has 0 aliphatic heterocycles. The molecule has 0 fully saturated rings. The number of carbonyl (C=O) groups is 2. The average Bonchev–Trinajstić information content (AvgIpc) is 3.30. The molecule has 154 valence electrons. The van der Waals surface area contributed by atoms with Crippen molar-refractivity contribution in [3.63, 3.8) is 0 Å².